The summed E-state index contributed by atoms with van der Waals surface area (Å²) < 4.78 is 24.3. The third-order valence-electron chi connectivity index (χ3n) is 3.58. The first-order valence-electron chi connectivity index (χ1n) is 6.17. The van der Waals surface area contributed by atoms with Gasteiger partial charge in [0.25, 0.3) is 6.43 Å². The molecule has 0 aromatic carbocycles. The van der Waals surface area contributed by atoms with Crippen molar-refractivity contribution in [1.82, 2.24) is 15.1 Å². The van der Waals surface area contributed by atoms with Gasteiger partial charge in [0.05, 0.1) is 6.54 Å². The summed E-state index contributed by atoms with van der Waals surface area (Å²) in [6, 6.07) is 0. The zero-order valence-electron chi connectivity index (χ0n) is 9.67. The van der Waals surface area contributed by atoms with Crippen molar-refractivity contribution in [2.75, 3.05) is 52.4 Å². The molecule has 1 N–H and O–H groups in total. The molecule has 5 heteroatoms. The summed E-state index contributed by atoms with van der Waals surface area (Å²) in [5, 5.41) is 3.27. The third-order valence-corrected chi connectivity index (χ3v) is 3.58. The van der Waals surface area contributed by atoms with Crippen molar-refractivity contribution in [3.05, 3.63) is 0 Å². The van der Waals surface area contributed by atoms with E-state index in [1.54, 1.807) is 0 Å². The van der Waals surface area contributed by atoms with Crippen molar-refractivity contribution < 1.29 is 8.78 Å². The molecule has 2 aliphatic rings. The van der Waals surface area contributed by atoms with Gasteiger partial charge in [-0.1, -0.05) is 0 Å². The number of piperazine rings is 1. The Morgan fingerprint density at radius 2 is 1.69 bits per heavy atom. The number of halogens is 2. The van der Waals surface area contributed by atoms with Crippen molar-refractivity contribution in [2.24, 2.45) is 5.92 Å². The molecule has 2 saturated heterocycles. The van der Waals surface area contributed by atoms with Gasteiger partial charge < -0.3 is 10.2 Å². The monoisotopic (exact) mass is 233 g/mol. The summed E-state index contributed by atoms with van der Waals surface area (Å²) in [4.78, 5) is 4.27. The van der Waals surface area contributed by atoms with Gasteiger partial charge in [-0.15, -0.1) is 0 Å². The lowest BCUT2D eigenvalue weighted by molar-refractivity contribution is 0.0541. The summed E-state index contributed by atoms with van der Waals surface area (Å²) in [6.07, 6.45) is -0.936. The van der Waals surface area contributed by atoms with Crippen LogP contribution in [0.5, 0.6) is 0 Å². The van der Waals surface area contributed by atoms with Crippen LogP contribution in [0.25, 0.3) is 0 Å². The Balaban J connectivity index is 1.57. The molecule has 2 aliphatic heterocycles. The number of hydrogen-bond acceptors (Lipinski definition) is 3. The molecule has 0 aromatic rings. The fourth-order valence-electron chi connectivity index (χ4n) is 2.31. The fourth-order valence-corrected chi connectivity index (χ4v) is 2.31. The van der Waals surface area contributed by atoms with E-state index in [1.807, 2.05) is 4.90 Å². The van der Waals surface area contributed by atoms with Crippen molar-refractivity contribution in [1.29, 1.82) is 0 Å². The maximum atomic E-state index is 12.2. The highest BCUT2D eigenvalue weighted by Crippen LogP contribution is 2.11. The third kappa shape index (κ3) is 3.64. The van der Waals surface area contributed by atoms with Crippen LogP contribution in [0.4, 0.5) is 8.78 Å². The van der Waals surface area contributed by atoms with E-state index in [1.165, 1.54) is 6.42 Å². The van der Waals surface area contributed by atoms with Crippen LogP contribution in [0.2, 0.25) is 0 Å². The zero-order chi connectivity index (χ0) is 11.4. The maximum Gasteiger partial charge on any atom is 0.251 e. The topological polar surface area (TPSA) is 18.5 Å². The Morgan fingerprint density at radius 1 is 1.06 bits per heavy atom. The number of alkyl halides is 2. The average Bonchev–Trinajstić information content (AvgIpc) is 2.17. The van der Waals surface area contributed by atoms with Gasteiger partial charge in [0.1, 0.15) is 0 Å². The predicted octanol–water partition coefficient (Wildman–Crippen LogP) is 0.479. The molecule has 2 fully saturated rings. The number of rotatable bonds is 5. The van der Waals surface area contributed by atoms with Gasteiger partial charge >= 0.3 is 0 Å². The highest BCUT2D eigenvalue weighted by molar-refractivity contribution is 4.78. The molecule has 0 saturated carbocycles. The smallest absolute Gasteiger partial charge is 0.251 e. The van der Waals surface area contributed by atoms with E-state index in [9.17, 15) is 8.78 Å². The van der Waals surface area contributed by atoms with Crippen molar-refractivity contribution >= 4 is 0 Å². The number of hydrogen-bond donors (Lipinski definition) is 1. The molecule has 3 nitrogen and oxygen atoms in total. The normalized spacial score (nSPS) is 24.9. The second-order valence-corrected chi connectivity index (χ2v) is 4.85. The van der Waals surface area contributed by atoms with Gasteiger partial charge in [-0.05, 0) is 32.0 Å². The molecule has 0 aliphatic carbocycles. The molecular weight excluding hydrogens is 212 g/mol. The molecule has 94 valence electrons. The predicted molar refractivity (Wildman–Crippen MR) is 59.9 cm³/mol. The first kappa shape index (κ1) is 12.2. The Kier molecular flexibility index (Phi) is 4.49. The summed E-state index contributed by atoms with van der Waals surface area (Å²) >= 11 is 0. The average molecular weight is 233 g/mol. The van der Waals surface area contributed by atoms with E-state index in [0.29, 0.717) is 0 Å². The van der Waals surface area contributed by atoms with Crippen molar-refractivity contribution in [3.8, 4) is 0 Å². The molecule has 2 rings (SSSR count). The van der Waals surface area contributed by atoms with Crippen LogP contribution in [0.3, 0.4) is 0 Å². The zero-order valence-corrected chi connectivity index (χ0v) is 9.67. The van der Waals surface area contributed by atoms with Crippen LogP contribution in [-0.4, -0.2) is 68.6 Å². The lowest BCUT2D eigenvalue weighted by Gasteiger charge is -2.36. The van der Waals surface area contributed by atoms with Crippen molar-refractivity contribution in [2.45, 2.75) is 12.8 Å². The van der Waals surface area contributed by atoms with E-state index >= 15 is 0 Å². The molecule has 0 aromatic heterocycles. The fraction of sp³-hybridized carbons (Fsp3) is 1.00. The Bertz CT molecular complexity index is 201. The maximum absolute atomic E-state index is 12.2. The molecule has 0 bridgehead atoms. The minimum atomic E-state index is -2.19. The van der Waals surface area contributed by atoms with E-state index < -0.39 is 6.43 Å². The standard InChI is InChI=1S/C11H21F2N3/c12-11(13)9-16-5-3-15(4-6-16)2-1-10-7-14-8-10/h10-11,14H,1-9H2. The molecule has 0 amide bonds. The van der Waals surface area contributed by atoms with Crippen LogP contribution >= 0.6 is 0 Å². The van der Waals surface area contributed by atoms with E-state index in [-0.39, 0.29) is 6.54 Å². The van der Waals surface area contributed by atoms with Gasteiger partial charge in [-0.25, -0.2) is 8.78 Å². The Labute approximate surface area is 95.8 Å². The van der Waals surface area contributed by atoms with Gasteiger partial charge in [0.15, 0.2) is 0 Å². The summed E-state index contributed by atoms with van der Waals surface area (Å²) in [6.45, 7) is 6.90. The van der Waals surface area contributed by atoms with E-state index in [0.717, 1.165) is 51.7 Å². The molecule has 16 heavy (non-hydrogen) atoms. The summed E-state index contributed by atoms with van der Waals surface area (Å²) in [7, 11) is 0. The van der Waals surface area contributed by atoms with Crippen LogP contribution in [0.15, 0.2) is 0 Å². The van der Waals surface area contributed by atoms with Crippen LogP contribution in [0.1, 0.15) is 6.42 Å². The van der Waals surface area contributed by atoms with Gasteiger partial charge in [0, 0.05) is 26.2 Å². The first-order chi connectivity index (χ1) is 7.74. The number of nitrogens with one attached hydrogen (secondary N) is 1. The van der Waals surface area contributed by atoms with Gasteiger partial charge in [-0.2, -0.15) is 0 Å². The van der Waals surface area contributed by atoms with E-state index in [4.69, 9.17) is 0 Å². The number of nitrogens with zero attached hydrogens (tertiary/aromatic N) is 2. The minimum absolute atomic E-state index is 0.0552. The Morgan fingerprint density at radius 3 is 2.19 bits per heavy atom. The quantitative estimate of drug-likeness (QED) is 0.745. The van der Waals surface area contributed by atoms with Crippen molar-refractivity contribution in [3.63, 3.8) is 0 Å². The molecule has 2 heterocycles. The molecule has 0 atom stereocenters. The second kappa shape index (κ2) is 5.89. The van der Waals surface area contributed by atoms with Crippen LogP contribution in [-0.2, 0) is 0 Å². The highest BCUT2D eigenvalue weighted by Gasteiger charge is 2.21. The second-order valence-electron chi connectivity index (χ2n) is 4.85. The van der Waals surface area contributed by atoms with Gasteiger partial charge in [-0.3, -0.25) is 4.90 Å². The molecular formula is C11H21F2N3. The van der Waals surface area contributed by atoms with Gasteiger partial charge in [0.2, 0.25) is 0 Å². The van der Waals surface area contributed by atoms with Crippen LogP contribution < -0.4 is 5.32 Å². The van der Waals surface area contributed by atoms with Crippen LogP contribution in [0, 0.1) is 5.92 Å². The lowest BCUT2D eigenvalue weighted by Crippen LogP contribution is -2.49. The summed E-state index contributed by atoms with van der Waals surface area (Å²) in [5.41, 5.74) is 0. The minimum Gasteiger partial charge on any atom is -0.316 e. The first-order valence-corrected chi connectivity index (χ1v) is 6.17. The Hall–Kier alpha value is -0.260. The molecule has 0 unspecified atom stereocenters. The highest BCUT2D eigenvalue weighted by atomic mass is 19.3. The summed E-state index contributed by atoms with van der Waals surface area (Å²) in [5.74, 6) is 0.846. The molecule has 0 radical (unpaired) electrons. The molecule has 0 spiro atoms. The SMILES string of the molecule is FC(F)CN1CCN(CCC2CNC2)CC1. The largest absolute Gasteiger partial charge is 0.316 e. The lowest BCUT2D eigenvalue weighted by atomic mass is 9.99. The van der Waals surface area contributed by atoms with E-state index in [2.05, 4.69) is 10.2 Å².